The van der Waals surface area contributed by atoms with Gasteiger partial charge in [0.15, 0.2) is 0 Å². The van der Waals surface area contributed by atoms with Crippen molar-refractivity contribution in [3.8, 4) is 0 Å². The fourth-order valence-corrected chi connectivity index (χ4v) is 3.63. The summed E-state index contributed by atoms with van der Waals surface area (Å²) in [6.45, 7) is 8.00. The molecule has 2 heterocycles. The quantitative estimate of drug-likeness (QED) is 0.748. The second kappa shape index (κ2) is 9.19. The molecular weight excluding hydrogens is 421 g/mol. The van der Waals surface area contributed by atoms with Gasteiger partial charge in [-0.1, -0.05) is 0 Å². The molecule has 0 radical (unpaired) electrons. The lowest BCUT2D eigenvalue weighted by Gasteiger charge is -2.33. The number of hydrazine groups is 1. The molecule has 0 saturated carbocycles. The van der Waals surface area contributed by atoms with Crippen LogP contribution in [0.3, 0.4) is 0 Å². The van der Waals surface area contributed by atoms with Gasteiger partial charge in [0.2, 0.25) is 5.91 Å². The normalized spacial score (nSPS) is 19.7. The molecule has 10 nitrogen and oxygen atoms in total. The molecule has 1 atom stereocenters. The number of nitrogens with two attached hydrogens (primary N) is 1. The van der Waals surface area contributed by atoms with Gasteiger partial charge in [0.25, 0.3) is 0 Å². The molecule has 3 rings (SSSR count). The van der Waals surface area contributed by atoms with Gasteiger partial charge in [0.1, 0.15) is 17.5 Å². The molecule has 176 valence electrons. The first-order valence-electron chi connectivity index (χ1n) is 10.5. The minimum atomic E-state index is -0.715. The standard InChI is InChI=1S/C21H30FN5O5/c1-14(28)26-9-7-24(8-10-27(26)20(30)32-21(2,3)4)18-6-5-15(11-17(18)22)25-13-16(12-23)31-19(25)29/h5-6,11,16H,7-10,12-13,23H2,1-4H3/t16-/m0/s1. The minimum Gasteiger partial charge on any atom is -0.443 e. The molecule has 3 amide bonds. The van der Waals surface area contributed by atoms with Crippen LogP contribution in [0.15, 0.2) is 18.2 Å². The molecule has 1 aromatic carbocycles. The number of amides is 3. The molecule has 0 aliphatic carbocycles. The van der Waals surface area contributed by atoms with Gasteiger partial charge in [-0.2, -0.15) is 0 Å². The number of halogens is 1. The van der Waals surface area contributed by atoms with Crippen molar-refractivity contribution in [1.82, 2.24) is 10.0 Å². The average Bonchev–Trinajstić information content (AvgIpc) is 2.93. The Morgan fingerprint density at radius 3 is 2.38 bits per heavy atom. The van der Waals surface area contributed by atoms with E-state index >= 15 is 4.39 Å². The number of rotatable bonds is 3. The third-order valence-electron chi connectivity index (χ3n) is 5.14. The van der Waals surface area contributed by atoms with Gasteiger partial charge in [-0.3, -0.25) is 9.69 Å². The largest absolute Gasteiger partial charge is 0.443 e. The molecule has 0 spiro atoms. The highest BCUT2D eigenvalue weighted by molar-refractivity contribution is 5.90. The van der Waals surface area contributed by atoms with E-state index in [0.717, 1.165) is 0 Å². The predicted octanol–water partition coefficient (Wildman–Crippen LogP) is 1.93. The zero-order chi connectivity index (χ0) is 23.6. The molecule has 0 unspecified atom stereocenters. The summed E-state index contributed by atoms with van der Waals surface area (Å²) in [6.07, 6.45) is -1.62. The van der Waals surface area contributed by atoms with Crippen molar-refractivity contribution < 1.29 is 28.2 Å². The lowest BCUT2D eigenvalue weighted by Crippen LogP contribution is -2.51. The lowest BCUT2D eigenvalue weighted by atomic mass is 10.2. The summed E-state index contributed by atoms with van der Waals surface area (Å²) in [6, 6.07) is 4.49. The first-order chi connectivity index (χ1) is 15.0. The molecule has 1 aromatic rings. The Kier molecular flexibility index (Phi) is 6.77. The van der Waals surface area contributed by atoms with Crippen molar-refractivity contribution >= 4 is 29.5 Å². The molecule has 2 N–H and O–H groups in total. The molecule has 2 saturated heterocycles. The van der Waals surface area contributed by atoms with Gasteiger partial charge in [-0.25, -0.2) is 24.0 Å². The summed E-state index contributed by atoms with van der Waals surface area (Å²) in [7, 11) is 0. The molecule has 32 heavy (non-hydrogen) atoms. The van der Waals surface area contributed by atoms with Crippen LogP contribution in [0.4, 0.5) is 25.4 Å². The highest BCUT2D eigenvalue weighted by Crippen LogP contribution is 2.28. The minimum absolute atomic E-state index is 0.145. The molecule has 2 fully saturated rings. The summed E-state index contributed by atoms with van der Waals surface area (Å²) in [5.74, 6) is -0.831. The number of anilines is 2. The Labute approximate surface area is 186 Å². The van der Waals surface area contributed by atoms with Crippen LogP contribution in [0.2, 0.25) is 0 Å². The van der Waals surface area contributed by atoms with Gasteiger partial charge in [-0.15, -0.1) is 0 Å². The fourth-order valence-electron chi connectivity index (χ4n) is 3.63. The summed E-state index contributed by atoms with van der Waals surface area (Å²) < 4.78 is 25.6. The van der Waals surface area contributed by atoms with Crippen LogP contribution < -0.4 is 15.5 Å². The molecule has 2 aliphatic rings. The Balaban J connectivity index is 1.77. The first kappa shape index (κ1) is 23.6. The van der Waals surface area contributed by atoms with E-state index in [1.165, 1.54) is 27.9 Å². The fraction of sp³-hybridized carbons (Fsp3) is 0.571. The number of nitrogens with zero attached hydrogens (tertiary/aromatic N) is 4. The van der Waals surface area contributed by atoms with Crippen LogP contribution in [0.5, 0.6) is 0 Å². The van der Waals surface area contributed by atoms with E-state index in [1.807, 2.05) is 0 Å². The zero-order valence-electron chi connectivity index (χ0n) is 18.8. The molecule has 2 aliphatic heterocycles. The van der Waals surface area contributed by atoms with Gasteiger partial charge in [0.05, 0.1) is 31.0 Å². The molecule has 0 aromatic heterocycles. The summed E-state index contributed by atoms with van der Waals surface area (Å²) in [5.41, 5.74) is 5.53. The van der Waals surface area contributed by atoms with Crippen LogP contribution in [-0.2, 0) is 14.3 Å². The van der Waals surface area contributed by atoms with Crippen molar-refractivity contribution in [2.75, 3.05) is 49.1 Å². The maximum absolute atomic E-state index is 15.0. The van der Waals surface area contributed by atoms with E-state index in [1.54, 1.807) is 37.8 Å². The van der Waals surface area contributed by atoms with E-state index in [9.17, 15) is 14.4 Å². The van der Waals surface area contributed by atoms with Gasteiger partial charge < -0.3 is 20.1 Å². The van der Waals surface area contributed by atoms with Crippen molar-refractivity contribution in [3.05, 3.63) is 24.0 Å². The summed E-state index contributed by atoms with van der Waals surface area (Å²) in [4.78, 5) is 39.9. The monoisotopic (exact) mass is 451 g/mol. The van der Waals surface area contributed by atoms with Crippen LogP contribution in [0.25, 0.3) is 0 Å². The van der Waals surface area contributed by atoms with Crippen LogP contribution in [0.1, 0.15) is 27.7 Å². The lowest BCUT2D eigenvalue weighted by molar-refractivity contribution is -0.144. The summed E-state index contributed by atoms with van der Waals surface area (Å²) >= 11 is 0. The van der Waals surface area contributed by atoms with Crippen molar-refractivity contribution in [1.29, 1.82) is 0 Å². The number of benzene rings is 1. The van der Waals surface area contributed by atoms with E-state index < -0.39 is 29.7 Å². The van der Waals surface area contributed by atoms with E-state index in [-0.39, 0.29) is 32.1 Å². The van der Waals surface area contributed by atoms with Crippen molar-refractivity contribution in [3.63, 3.8) is 0 Å². The number of ether oxygens (including phenoxy) is 2. The summed E-state index contributed by atoms with van der Waals surface area (Å²) in [5, 5.41) is 2.57. The van der Waals surface area contributed by atoms with Crippen LogP contribution >= 0.6 is 0 Å². The Morgan fingerprint density at radius 2 is 1.84 bits per heavy atom. The van der Waals surface area contributed by atoms with Crippen LogP contribution in [-0.4, -0.2) is 79.1 Å². The smallest absolute Gasteiger partial charge is 0.429 e. The first-order valence-corrected chi connectivity index (χ1v) is 10.5. The number of carbonyl (C=O) groups excluding carboxylic acids is 3. The highest BCUT2D eigenvalue weighted by Gasteiger charge is 2.34. The highest BCUT2D eigenvalue weighted by atomic mass is 19.1. The van der Waals surface area contributed by atoms with E-state index in [0.29, 0.717) is 24.5 Å². The maximum atomic E-state index is 15.0. The maximum Gasteiger partial charge on any atom is 0.429 e. The van der Waals surface area contributed by atoms with E-state index in [4.69, 9.17) is 15.2 Å². The topological polar surface area (TPSA) is 109 Å². The predicted molar refractivity (Wildman–Crippen MR) is 116 cm³/mol. The zero-order valence-corrected chi connectivity index (χ0v) is 18.8. The Bertz CT molecular complexity index is 890. The van der Waals surface area contributed by atoms with Crippen molar-refractivity contribution in [2.24, 2.45) is 5.73 Å². The third kappa shape index (κ3) is 5.21. The van der Waals surface area contributed by atoms with Crippen molar-refractivity contribution in [2.45, 2.75) is 39.4 Å². The van der Waals surface area contributed by atoms with Crippen LogP contribution in [0, 0.1) is 5.82 Å². The van der Waals surface area contributed by atoms with Gasteiger partial charge >= 0.3 is 12.2 Å². The number of hydrogen-bond donors (Lipinski definition) is 1. The number of cyclic esters (lactones) is 1. The number of carbonyl (C=O) groups is 3. The molecule has 11 heteroatoms. The third-order valence-corrected chi connectivity index (χ3v) is 5.14. The molecular formula is C21H30FN5O5. The average molecular weight is 451 g/mol. The van der Waals surface area contributed by atoms with E-state index in [2.05, 4.69) is 0 Å². The van der Waals surface area contributed by atoms with Gasteiger partial charge in [-0.05, 0) is 39.0 Å². The number of hydrogen-bond acceptors (Lipinski definition) is 7. The second-order valence-electron chi connectivity index (χ2n) is 8.72. The molecule has 0 bridgehead atoms. The SMILES string of the molecule is CC(=O)N1CCN(c2ccc(N3C[C@H](CN)OC3=O)cc2F)CCN1C(=O)OC(C)(C)C. The second-order valence-corrected chi connectivity index (χ2v) is 8.72. The van der Waals surface area contributed by atoms with Gasteiger partial charge in [0, 0.05) is 26.6 Å². The Hall–Kier alpha value is -3.08. The Morgan fingerprint density at radius 1 is 1.19 bits per heavy atom.